The summed E-state index contributed by atoms with van der Waals surface area (Å²) in [6.07, 6.45) is 1.56. The number of carbonyl (C=O) groups excluding carboxylic acids is 1. The van der Waals surface area contributed by atoms with E-state index in [0.29, 0.717) is 22.7 Å². The van der Waals surface area contributed by atoms with Crippen molar-refractivity contribution in [2.75, 3.05) is 19.0 Å². The van der Waals surface area contributed by atoms with Crippen LogP contribution in [0.5, 0.6) is 11.5 Å². The molecule has 0 heterocycles. The molecule has 0 aliphatic rings. The lowest BCUT2D eigenvalue weighted by Crippen LogP contribution is -2.20. The van der Waals surface area contributed by atoms with E-state index in [1.807, 2.05) is 37.3 Å². The van der Waals surface area contributed by atoms with E-state index in [0.717, 1.165) is 5.56 Å². The van der Waals surface area contributed by atoms with E-state index in [-0.39, 0.29) is 23.7 Å². The van der Waals surface area contributed by atoms with Crippen molar-refractivity contribution in [3.63, 3.8) is 0 Å². The van der Waals surface area contributed by atoms with Crippen LogP contribution >= 0.6 is 0 Å². The molecule has 3 aromatic rings. The Morgan fingerprint density at radius 3 is 2.52 bits per heavy atom. The first-order valence-corrected chi connectivity index (χ1v) is 9.54. The van der Waals surface area contributed by atoms with Crippen LogP contribution in [0.1, 0.15) is 16.7 Å². The third kappa shape index (κ3) is 5.71. The van der Waals surface area contributed by atoms with Gasteiger partial charge in [-0.1, -0.05) is 42.0 Å². The Kier molecular flexibility index (Phi) is 7.02. The Balaban J connectivity index is 1.72. The molecule has 1 N–H and O–H groups in total. The third-order valence-electron chi connectivity index (χ3n) is 4.48. The number of nitrogens with zero attached hydrogens (tertiary/aromatic N) is 1. The fraction of sp³-hybridized carbons (Fsp3) is 0.120. The van der Waals surface area contributed by atoms with Gasteiger partial charge in [-0.05, 0) is 48.9 Å². The molecule has 0 aliphatic heterocycles. The zero-order valence-corrected chi connectivity index (χ0v) is 17.2. The molecule has 1 amide bonds. The Morgan fingerprint density at radius 2 is 1.84 bits per heavy atom. The van der Waals surface area contributed by atoms with Crippen molar-refractivity contribution in [1.29, 1.82) is 5.26 Å². The molecule has 0 saturated heterocycles. The van der Waals surface area contributed by atoms with Crippen LogP contribution in [0.2, 0.25) is 0 Å². The van der Waals surface area contributed by atoms with Gasteiger partial charge in [-0.3, -0.25) is 4.79 Å². The number of halogens is 1. The molecule has 156 valence electrons. The molecule has 0 fully saturated rings. The Morgan fingerprint density at radius 1 is 1.10 bits per heavy atom. The van der Waals surface area contributed by atoms with Crippen molar-refractivity contribution in [1.82, 2.24) is 0 Å². The molecule has 0 bridgehead atoms. The zero-order valence-electron chi connectivity index (χ0n) is 17.2. The van der Waals surface area contributed by atoms with E-state index in [1.54, 1.807) is 42.5 Å². The van der Waals surface area contributed by atoms with Crippen LogP contribution in [0.3, 0.4) is 0 Å². The molecule has 0 unspecified atom stereocenters. The first-order valence-electron chi connectivity index (χ1n) is 9.54. The van der Waals surface area contributed by atoms with Crippen LogP contribution in [0.4, 0.5) is 10.1 Å². The minimum Gasteiger partial charge on any atom is -0.493 e. The summed E-state index contributed by atoms with van der Waals surface area (Å²) in [6.45, 7) is 1.77. The summed E-state index contributed by atoms with van der Waals surface area (Å²) in [5, 5.41) is 12.2. The molecule has 5 nitrogen and oxygen atoms in total. The quantitative estimate of drug-likeness (QED) is 0.423. The number of nitriles is 1. The topological polar surface area (TPSA) is 71.3 Å². The largest absolute Gasteiger partial charge is 0.493 e. The van der Waals surface area contributed by atoms with Crippen molar-refractivity contribution in [3.8, 4) is 17.6 Å². The van der Waals surface area contributed by atoms with Crippen LogP contribution in [-0.4, -0.2) is 19.6 Å². The molecule has 0 aromatic heterocycles. The SMILES string of the molecule is COc1cc(/C=C(/C#N)c2ccccc2F)ccc1OCC(=O)Nc1ccc(C)cc1. The van der Waals surface area contributed by atoms with Gasteiger partial charge in [0.2, 0.25) is 0 Å². The minimum absolute atomic E-state index is 0.186. The average Bonchev–Trinajstić information content (AvgIpc) is 2.78. The molecular formula is C25H21FN2O3. The summed E-state index contributed by atoms with van der Waals surface area (Å²) >= 11 is 0. The van der Waals surface area contributed by atoms with Gasteiger partial charge in [-0.15, -0.1) is 0 Å². The number of anilines is 1. The minimum atomic E-state index is -0.471. The van der Waals surface area contributed by atoms with Gasteiger partial charge in [0, 0.05) is 11.3 Å². The molecule has 0 aliphatic carbocycles. The number of carbonyl (C=O) groups is 1. The molecular weight excluding hydrogens is 395 g/mol. The number of benzene rings is 3. The summed E-state index contributed by atoms with van der Waals surface area (Å²) in [6, 6.07) is 20.6. The summed E-state index contributed by atoms with van der Waals surface area (Å²) < 4.78 is 25.0. The van der Waals surface area contributed by atoms with Crippen LogP contribution in [0.15, 0.2) is 66.7 Å². The van der Waals surface area contributed by atoms with E-state index < -0.39 is 5.82 Å². The van der Waals surface area contributed by atoms with E-state index in [4.69, 9.17) is 9.47 Å². The number of aryl methyl sites for hydroxylation is 1. The van der Waals surface area contributed by atoms with Gasteiger partial charge >= 0.3 is 0 Å². The van der Waals surface area contributed by atoms with Crippen molar-refractivity contribution >= 4 is 23.2 Å². The maximum atomic E-state index is 14.0. The van der Waals surface area contributed by atoms with Crippen LogP contribution in [-0.2, 0) is 4.79 Å². The number of rotatable bonds is 7. The van der Waals surface area contributed by atoms with Gasteiger partial charge in [-0.25, -0.2) is 4.39 Å². The number of nitrogens with one attached hydrogen (secondary N) is 1. The number of ether oxygens (including phenoxy) is 2. The third-order valence-corrected chi connectivity index (χ3v) is 4.48. The lowest BCUT2D eigenvalue weighted by atomic mass is 10.0. The van der Waals surface area contributed by atoms with Crippen LogP contribution in [0, 0.1) is 24.1 Å². The fourth-order valence-electron chi connectivity index (χ4n) is 2.89. The number of allylic oxidation sites excluding steroid dienone is 1. The van der Waals surface area contributed by atoms with Crippen molar-refractivity contribution in [2.45, 2.75) is 6.92 Å². The summed E-state index contributed by atoms with van der Waals surface area (Å²) in [4.78, 5) is 12.2. The van der Waals surface area contributed by atoms with Gasteiger partial charge in [0.15, 0.2) is 18.1 Å². The summed E-state index contributed by atoms with van der Waals surface area (Å²) in [5.74, 6) is -0.00572. The predicted octanol–water partition coefficient (Wildman–Crippen LogP) is 5.22. The van der Waals surface area contributed by atoms with Gasteiger partial charge in [0.1, 0.15) is 5.82 Å². The normalized spacial score (nSPS) is 10.8. The number of methoxy groups -OCH3 is 1. The number of hydrogen-bond acceptors (Lipinski definition) is 4. The molecule has 6 heteroatoms. The van der Waals surface area contributed by atoms with Crippen molar-refractivity contribution in [3.05, 3.63) is 89.2 Å². The molecule has 31 heavy (non-hydrogen) atoms. The lowest BCUT2D eigenvalue weighted by Gasteiger charge is -2.12. The number of hydrogen-bond donors (Lipinski definition) is 1. The van der Waals surface area contributed by atoms with Gasteiger partial charge in [-0.2, -0.15) is 5.26 Å². The Labute approximate surface area is 180 Å². The molecule has 0 radical (unpaired) electrons. The molecule has 0 spiro atoms. The second-order valence-corrected chi connectivity index (χ2v) is 6.76. The first kappa shape index (κ1) is 21.6. The zero-order chi connectivity index (χ0) is 22.2. The summed E-state index contributed by atoms with van der Waals surface area (Å²) in [5.41, 5.74) is 2.82. The lowest BCUT2D eigenvalue weighted by molar-refractivity contribution is -0.118. The van der Waals surface area contributed by atoms with Crippen LogP contribution in [0.25, 0.3) is 11.6 Å². The first-order chi connectivity index (χ1) is 15.0. The van der Waals surface area contributed by atoms with Crippen molar-refractivity contribution < 1.29 is 18.7 Å². The van der Waals surface area contributed by atoms with Crippen LogP contribution < -0.4 is 14.8 Å². The maximum absolute atomic E-state index is 14.0. The predicted molar refractivity (Wildman–Crippen MR) is 118 cm³/mol. The molecule has 0 atom stereocenters. The molecule has 3 aromatic carbocycles. The Hall–Kier alpha value is -4.11. The summed E-state index contributed by atoms with van der Waals surface area (Å²) in [7, 11) is 1.48. The number of amides is 1. The standard InChI is InChI=1S/C25H21FN2O3/c1-17-7-10-20(11-8-17)28-25(29)16-31-23-12-9-18(14-24(23)30-2)13-19(15-27)21-5-3-4-6-22(21)26/h3-14H,16H2,1-2H3,(H,28,29)/b19-13-. The Bertz CT molecular complexity index is 1150. The van der Waals surface area contributed by atoms with E-state index in [9.17, 15) is 14.4 Å². The average molecular weight is 416 g/mol. The maximum Gasteiger partial charge on any atom is 0.262 e. The van der Waals surface area contributed by atoms with Gasteiger partial charge < -0.3 is 14.8 Å². The highest BCUT2D eigenvalue weighted by Crippen LogP contribution is 2.30. The van der Waals surface area contributed by atoms with E-state index in [2.05, 4.69) is 5.32 Å². The second kappa shape index (κ2) is 10.1. The van der Waals surface area contributed by atoms with Gasteiger partial charge in [0.25, 0.3) is 5.91 Å². The van der Waals surface area contributed by atoms with Gasteiger partial charge in [0.05, 0.1) is 18.8 Å². The van der Waals surface area contributed by atoms with Crippen molar-refractivity contribution in [2.24, 2.45) is 0 Å². The molecule has 0 saturated carbocycles. The highest BCUT2D eigenvalue weighted by molar-refractivity contribution is 5.92. The second-order valence-electron chi connectivity index (χ2n) is 6.76. The fourth-order valence-corrected chi connectivity index (χ4v) is 2.89. The molecule has 3 rings (SSSR count). The smallest absolute Gasteiger partial charge is 0.262 e. The monoisotopic (exact) mass is 416 g/mol. The highest BCUT2D eigenvalue weighted by atomic mass is 19.1. The van der Waals surface area contributed by atoms with E-state index in [1.165, 1.54) is 13.2 Å². The highest BCUT2D eigenvalue weighted by Gasteiger charge is 2.11. The van der Waals surface area contributed by atoms with E-state index >= 15 is 0 Å².